The lowest BCUT2D eigenvalue weighted by atomic mass is 9.98. The second kappa shape index (κ2) is 8.91. The maximum atomic E-state index is 12.6. The highest BCUT2D eigenvalue weighted by atomic mass is 16.1. The number of nitrogens with zero attached hydrogens (tertiary/aromatic N) is 4. The van der Waals surface area contributed by atoms with E-state index in [4.69, 9.17) is 0 Å². The Labute approximate surface area is 181 Å². The average molecular weight is 423 g/mol. The fourth-order valence-corrected chi connectivity index (χ4v) is 4.16. The second-order valence-corrected chi connectivity index (χ2v) is 8.55. The lowest BCUT2D eigenvalue weighted by Crippen LogP contribution is -2.32. The Morgan fingerprint density at radius 1 is 1.26 bits per heavy atom. The van der Waals surface area contributed by atoms with Gasteiger partial charge in [-0.2, -0.15) is 4.52 Å². The molecule has 1 fully saturated rings. The van der Waals surface area contributed by atoms with Gasteiger partial charge in [0.2, 0.25) is 5.91 Å². The summed E-state index contributed by atoms with van der Waals surface area (Å²) in [5, 5.41) is 5.79. The van der Waals surface area contributed by atoms with Gasteiger partial charge in [-0.25, -0.2) is 9.97 Å². The number of anilines is 1. The molecule has 8 heteroatoms. The number of hydrogen-bond donors (Lipinski definition) is 2. The highest BCUT2D eigenvalue weighted by Crippen LogP contribution is 2.24. The Balaban J connectivity index is 1.34. The number of aryl methyl sites for hydroxylation is 1. The van der Waals surface area contributed by atoms with E-state index in [0.29, 0.717) is 23.5 Å². The zero-order chi connectivity index (χ0) is 22.0. The van der Waals surface area contributed by atoms with Gasteiger partial charge in [-0.3, -0.25) is 14.7 Å². The molecule has 0 saturated carbocycles. The van der Waals surface area contributed by atoms with Gasteiger partial charge < -0.3 is 10.2 Å². The third kappa shape index (κ3) is 4.62. The smallest absolute Gasteiger partial charge is 0.277 e. The Kier molecular flexibility index (Phi) is 6.06. The topological polar surface area (TPSA) is 95.4 Å². The van der Waals surface area contributed by atoms with Gasteiger partial charge in [-0.15, -0.1) is 0 Å². The molecule has 1 aliphatic heterocycles. The molecular weight excluding hydrogens is 392 g/mol. The number of rotatable bonds is 6. The minimum atomic E-state index is -0.205. The number of carbonyl (C=O) groups is 1. The molecule has 2 N–H and O–H groups in total. The quantitative estimate of drug-likeness (QED) is 0.637. The highest BCUT2D eigenvalue weighted by Gasteiger charge is 2.17. The van der Waals surface area contributed by atoms with Crippen LogP contribution in [0.2, 0.25) is 0 Å². The van der Waals surface area contributed by atoms with E-state index in [2.05, 4.69) is 56.5 Å². The number of benzene rings is 1. The molecule has 0 spiro atoms. The monoisotopic (exact) mass is 422 g/mol. The molecule has 2 aromatic heterocycles. The summed E-state index contributed by atoms with van der Waals surface area (Å²) in [4.78, 5) is 35.8. The van der Waals surface area contributed by atoms with Crippen LogP contribution in [0.4, 0.5) is 5.69 Å². The average Bonchev–Trinajstić information content (AvgIpc) is 3.23. The van der Waals surface area contributed by atoms with Crippen LogP contribution in [-0.4, -0.2) is 38.6 Å². The van der Waals surface area contributed by atoms with Gasteiger partial charge in [-0.05, 0) is 56.7 Å². The van der Waals surface area contributed by atoms with E-state index in [1.54, 1.807) is 6.92 Å². The molecule has 0 bridgehead atoms. The number of fused-ring (bicyclic) bond motifs is 1. The van der Waals surface area contributed by atoms with Gasteiger partial charge in [0.15, 0.2) is 0 Å². The Morgan fingerprint density at radius 3 is 2.68 bits per heavy atom. The molecule has 1 aliphatic rings. The van der Waals surface area contributed by atoms with Crippen LogP contribution in [0.1, 0.15) is 56.0 Å². The first-order valence-corrected chi connectivity index (χ1v) is 11.0. The van der Waals surface area contributed by atoms with Crippen molar-refractivity contribution in [1.82, 2.24) is 24.9 Å². The zero-order valence-corrected chi connectivity index (χ0v) is 18.4. The first kappa shape index (κ1) is 21.1. The van der Waals surface area contributed by atoms with Crippen molar-refractivity contribution in [1.29, 1.82) is 0 Å². The van der Waals surface area contributed by atoms with Crippen molar-refractivity contribution in [2.75, 3.05) is 18.0 Å². The summed E-state index contributed by atoms with van der Waals surface area (Å²) in [5.74, 6) is 1.06. The third-order valence-electron chi connectivity index (χ3n) is 6.25. The fraction of sp³-hybridized carbons (Fsp3) is 0.478. The fourth-order valence-electron chi connectivity index (χ4n) is 4.16. The maximum Gasteiger partial charge on any atom is 0.277 e. The van der Waals surface area contributed by atoms with E-state index < -0.39 is 0 Å². The van der Waals surface area contributed by atoms with Crippen molar-refractivity contribution in [3.05, 3.63) is 57.8 Å². The molecule has 0 radical (unpaired) electrons. The molecule has 31 heavy (non-hydrogen) atoms. The molecule has 4 rings (SSSR count). The van der Waals surface area contributed by atoms with Gasteiger partial charge in [0, 0.05) is 30.8 Å². The second-order valence-electron chi connectivity index (χ2n) is 8.55. The van der Waals surface area contributed by atoms with Gasteiger partial charge in [0.1, 0.15) is 6.33 Å². The largest absolute Gasteiger partial charge is 0.372 e. The predicted molar refractivity (Wildman–Crippen MR) is 120 cm³/mol. The van der Waals surface area contributed by atoms with Crippen molar-refractivity contribution >= 4 is 17.4 Å². The van der Waals surface area contributed by atoms with Crippen molar-refractivity contribution < 1.29 is 4.79 Å². The van der Waals surface area contributed by atoms with Crippen LogP contribution in [0.25, 0.3) is 5.78 Å². The summed E-state index contributed by atoms with van der Waals surface area (Å²) in [7, 11) is 0. The molecule has 0 aliphatic carbocycles. The van der Waals surface area contributed by atoms with Crippen LogP contribution < -0.4 is 15.8 Å². The number of nitrogens with one attached hydrogen (secondary N) is 2. The molecule has 164 valence electrons. The Morgan fingerprint density at radius 2 is 1.97 bits per heavy atom. The van der Waals surface area contributed by atoms with Crippen molar-refractivity contribution in [3.8, 4) is 0 Å². The SMILES string of the molecule is Cc1nc2nc[nH]n2c(=O)c1CCC(=O)NC(C)c1ccc(N2CCC(C)CC2)cc1. The van der Waals surface area contributed by atoms with E-state index in [0.717, 1.165) is 24.6 Å². The Hall–Kier alpha value is -3.16. The summed E-state index contributed by atoms with van der Waals surface area (Å²) in [5.41, 5.74) is 3.25. The molecular formula is C23H30N6O2. The molecule has 1 aromatic carbocycles. The first-order chi connectivity index (χ1) is 14.9. The minimum Gasteiger partial charge on any atom is -0.372 e. The lowest BCUT2D eigenvalue weighted by Gasteiger charge is -2.32. The van der Waals surface area contributed by atoms with E-state index in [1.807, 2.05) is 6.92 Å². The number of hydrogen-bond acceptors (Lipinski definition) is 5. The van der Waals surface area contributed by atoms with Gasteiger partial charge in [0.05, 0.1) is 11.7 Å². The van der Waals surface area contributed by atoms with Gasteiger partial charge in [0.25, 0.3) is 11.3 Å². The maximum absolute atomic E-state index is 12.6. The van der Waals surface area contributed by atoms with E-state index >= 15 is 0 Å². The van der Waals surface area contributed by atoms with Crippen molar-refractivity contribution in [2.45, 2.75) is 52.5 Å². The van der Waals surface area contributed by atoms with Crippen LogP contribution in [0.15, 0.2) is 35.4 Å². The van der Waals surface area contributed by atoms with Crippen molar-refractivity contribution in [2.24, 2.45) is 5.92 Å². The van der Waals surface area contributed by atoms with E-state index in [1.165, 1.54) is 29.4 Å². The summed E-state index contributed by atoms with van der Waals surface area (Å²) in [6.07, 6.45) is 4.47. The number of carbonyl (C=O) groups excluding carboxylic acids is 1. The van der Waals surface area contributed by atoms with Crippen LogP contribution in [0, 0.1) is 12.8 Å². The number of piperidine rings is 1. The molecule has 3 aromatic rings. The van der Waals surface area contributed by atoms with Gasteiger partial charge in [-0.1, -0.05) is 19.1 Å². The molecule has 1 saturated heterocycles. The molecule has 1 unspecified atom stereocenters. The standard InChI is InChI=1S/C23H30N6O2/c1-15-10-12-28(13-11-15)19-6-4-18(5-7-19)16(2)26-21(30)9-8-20-17(3)27-23-24-14-25-29(23)22(20)31/h4-7,14-16H,8-13H2,1-3H3,(H,26,30)(H,24,25,27). The van der Waals surface area contributed by atoms with Crippen LogP contribution >= 0.6 is 0 Å². The minimum absolute atomic E-state index is 0.0879. The first-order valence-electron chi connectivity index (χ1n) is 11.0. The lowest BCUT2D eigenvalue weighted by molar-refractivity contribution is -0.121. The van der Waals surface area contributed by atoms with Crippen LogP contribution in [0.5, 0.6) is 0 Å². The number of aromatic nitrogens is 4. The molecule has 8 nitrogen and oxygen atoms in total. The van der Waals surface area contributed by atoms with Crippen LogP contribution in [0.3, 0.4) is 0 Å². The van der Waals surface area contributed by atoms with Crippen molar-refractivity contribution in [3.63, 3.8) is 0 Å². The zero-order valence-electron chi connectivity index (χ0n) is 18.4. The third-order valence-corrected chi connectivity index (χ3v) is 6.25. The van der Waals surface area contributed by atoms with E-state index in [-0.39, 0.29) is 23.9 Å². The summed E-state index contributed by atoms with van der Waals surface area (Å²) in [6, 6.07) is 8.36. The number of amides is 1. The molecule has 3 heterocycles. The van der Waals surface area contributed by atoms with Crippen LogP contribution in [-0.2, 0) is 11.2 Å². The molecule has 1 amide bonds. The highest BCUT2D eigenvalue weighted by molar-refractivity contribution is 5.76. The summed E-state index contributed by atoms with van der Waals surface area (Å²) < 4.78 is 1.30. The normalized spacial score (nSPS) is 15.9. The van der Waals surface area contributed by atoms with Gasteiger partial charge >= 0.3 is 0 Å². The summed E-state index contributed by atoms with van der Waals surface area (Å²) >= 11 is 0. The number of aromatic amines is 1. The predicted octanol–water partition coefficient (Wildman–Crippen LogP) is 2.77. The Bertz CT molecular complexity index is 1110. The molecule has 1 atom stereocenters. The van der Waals surface area contributed by atoms with E-state index in [9.17, 15) is 9.59 Å². The summed E-state index contributed by atoms with van der Waals surface area (Å²) in [6.45, 7) is 8.27. The number of H-pyrrole nitrogens is 1.